The first-order chi connectivity index (χ1) is 8.59. The van der Waals surface area contributed by atoms with E-state index in [4.69, 9.17) is 18.0 Å². The van der Waals surface area contributed by atoms with Crippen LogP contribution in [-0.2, 0) is 0 Å². The summed E-state index contributed by atoms with van der Waals surface area (Å²) in [5.74, 6) is 0.526. The lowest BCUT2D eigenvalue weighted by atomic mass is 10.2. The summed E-state index contributed by atoms with van der Waals surface area (Å²) >= 11 is 11.9. The maximum atomic E-state index is 5.64. The highest BCUT2D eigenvalue weighted by Gasteiger charge is 2.10. The van der Waals surface area contributed by atoms with E-state index in [1.807, 2.05) is 18.2 Å². The van der Waals surface area contributed by atoms with Gasteiger partial charge in [0.25, 0.3) is 0 Å². The average molecular weight is 388 g/mol. The van der Waals surface area contributed by atoms with Crippen LogP contribution in [0.25, 0.3) is 0 Å². The number of anilines is 2. The minimum Gasteiger partial charge on any atom is -0.389 e. The Hall–Kier alpha value is -1.05. The Morgan fingerprint density at radius 3 is 2.50 bits per heavy atom. The Morgan fingerprint density at radius 1 is 1.22 bits per heavy atom. The van der Waals surface area contributed by atoms with Crippen molar-refractivity contribution in [2.24, 2.45) is 5.73 Å². The smallest absolute Gasteiger partial charge is 0.163 e. The molecule has 7 heteroatoms. The number of hydrogen-bond acceptors (Lipinski definition) is 4. The number of benzene rings is 1. The molecule has 0 aliphatic heterocycles. The number of aromatic nitrogens is 2. The van der Waals surface area contributed by atoms with Crippen molar-refractivity contribution in [3.05, 3.63) is 45.0 Å². The van der Waals surface area contributed by atoms with Crippen molar-refractivity contribution in [2.75, 3.05) is 5.32 Å². The van der Waals surface area contributed by atoms with Gasteiger partial charge in [0.05, 0.1) is 17.4 Å². The van der Waals surface area contributed by atoms with Crippen LogP contribution in [0.15, 0.2) is 39.4 Å². The SMILES string of the molecule is NC(=S)c1ccnnc1Nc1c(Br)cccc1Br. The molecule has 1 heterocycles. The molecular formula is C11H8Br2N4S. The fourth-order valence-corrected chi connectivity index (χ4v) is 2.72. The van der Waals surface area contributed by atoms with Crippen LogP contribution in [0.5, 0.6) is 0 Å². The van der Waals surface area contributed by atoms with Gasteiger partial charge in [-0.3, -0.25) is 0 Å². The van der Waals surface area contributed by atoms with E-state index < -0.39 is 0 Å². The second kappa shape index (κ2) is 5.73. The molecule has 2 rings (SSSR count). The molecular weight excluding hydrogens is 380 g/mol. The Bertz CT molecular complexity index is 583. The van der Waals surface area contributed by atoms with E-state index in [9.17, 15) is 0 Å². The molecule has 1 aromatic heterocycles. The molecule has 1 aromatic carbocycles. The number of para-hydroxylation sites is 1. The highest BCUT2D eigenvalue weighted by molar-refractivity contribution is 9.11. The van der Waals surface area contributed by atoms with Gasteiger partial charge >= 0.3 is 0 Å². The second-order valence-electron chi connectivity index (χ2n) is 3.38. The molecule has 0 spiro atoms. The molecule has 3 N–H and O–H groups in total. The van der Waals surface area contributed by atoms with Crippen LogP contribution in [0, 0.1) is 0 Å². The molecule has 0 saturated carbocycles. The fraction of sp³-hybridized carbons (Fsp3) is 0. The van der Waals surface area contributed by atoms with Crippen LogP contribution in [0.1, 0.15) is 5.56 Å². The normalized spacial score (nSPS) is 10.1. The average Bonchev–Trinajstić information content (AvgIpc) is 2.34. The van der Waals surface area contributed by atoms with Gasteiger partial charge < -0.3 is 11.1 Å². The van der Waals surface area contributed by atoms with Crippen molar-refractivity contribution in [1.82, 2.24) is 10.2 Å². The number of nitrogens with two attached hydrogens (primary N) is 1. The number of rotatable bonds is 3. The van der Waals surface area contributed by atoms with Gasteiger partial charge in [-0.1, -0.05) is 18.3 Å². The lowest BCUT2D eigenvalue weighted by Gasteiger charge is -2.12. The van der Waals surface area contributed by atoms with Crippen LogP contribution < -0.4 is 11.1 Å². The zero-order chi connectivity index (χ0) is 13.1. The van der Waals surface area contributed by atoms with Gasteiger partial charge in [-0.15, -0.1) is 5.10 Å². The summed E-state index contributed by atoms with van der Waals surface area (Å²) in [5, 5.41) is 11.0. The van der Waals surface area contributed by atoms with Gasteiger partial charge in [0.15, 0.2) is 5.82 Å². The number of nitrogens with zero attached hydrogens (tertiary/aromatic N) is 2. The first-order valence-electron chi connectivity index (χ1n) is 4.92. The topological polar surface area (TPSA) is 63.8 Å². The van der Waals surface area contributed by atoms with E-state index in [0.29, 0.717) is 11.4 Å². The van der Waals surface area contributed by atoms with Gasteiger partial charge in [0.1, 0.15) is 4.99 Å². The predicted molar refractivity (Wildman–Crippen MR) is 83.0 cm³/mol. The molecule has 0 amide bonds. The van der Waals surface area contributed by atoms with Gasteiger partial charge in [0.2, 0.25) is 0 Å². The molecule has 4 nitrogen and oxygen atoms in total. The second-order valence-corrected chi connectivity index (χ2v) is 5.53. The minimum atomic E-state index is 0.274. The van der Waals surface area contributed by atoms with Crippen LogP contribution in [0.4, 0.5) is 11.5 Å². The van der Waals surface area contributed by atoms with Crippen LogP contribution in [-0.4, -0.2) is 15.2 Å². The van der Waals surface area contributed by atoms with E-state index in [2.05, 4.69) is 47.4 Å². The number of nitrogens with one attached hydrogen (secondary N) is 1. The van der Waals surface area contributed by atoms with Crippen molar-refractivity contribution >= 4 is 60.6 Å². The van der Waals surface area contributed by atoms with Crippen LogP contribution >= 0.6 is 44.1 Å². The summed E-state index contributed by atoms with van der Waals surface area (Å²) < 4.78 is 1.80. The van der Waals surface area contributed by atoms with Crippen molar-refractivity contribution in [1.29, 1.82) is 0 Å². The zero-order valence-corrected chi connectivity index (χ0v) is 13.0. The molecule has 0 unspecified atom stereocenters. The number of halogens is 2. The maximum Gasteiger partial charge on any atom is 0.163 e. The first-order valence-corrected chi connectivity index (χ1v) is 6.91. The molecule has 0 aliphatic carbocycles. The third-order valence-electron chi connectivity index (χ3n) is 2.19. The predicted octanol–water partition coefficient (Wildman–Crippen LogP) is 3.38. The van der Waals surface area contributed by atoms with Gasteiger partial charge in [-0.05, 0) is 50.1 Å². The van der Waals surface area contributed by atoms with E-state index in [-0.39, 0.29) is 4.99 Å². The molecule has 0 fully saturated rings. The van der Waals surface area contributed by atoms with Crippen molar-refractivity contribution in [3.8, 4) is 0 Å². The largest absolute Gasteiger partial charge is 0.389 e. The molecule has 0 saturated heterocycles. The highest BCUT2D eigenvalue weighted by atomic mass is 79.9. The molecule has 2 aromatic rings. The van der Waals surface area contributed by atoms with E-state index in [1.54, 1.807) is 12.3 Å². The molecule has 0 bridgehead atoms. The highest BCUT2D eigenvalue weighted by Crippen LogP contribution is 2.33. The number of hydrogen-bond donors (Lipinski definition) is 2. The van der Waals surface area contributed by atoms with Crippen molar-refractivity contribution < 1.29 is 0 Å². The summed E-state index contributed by atoms with van der Waals surface area (Å²) in [6, 6.07) is 7.49. The summed E-state index contributed by atoms with van der Waals surface area (Å²) in [5.41, 5.74) is 7.14. The number of thiocarbonyl (C=S) groups is 1. The lowest BCUT2D eigenvalue weighted by Crippen LogP contribution is -2.13. The fourth-order valence-electron chi connectivity index (χ4n) is 1.36. The Labute approximate surface area is 126 Å². The van der Waals surface area contributed by atoms with E-state index in [1.165, 1.54) is 0 Å². The summed E-state index contributed by atoms with van der Waals surface area (Å²) in [7, 11) is 0. The minimum absolute atomic E-state index is 0.274. The standard InChI is InChI=1S/C11H8Br2N4S/c12-7-2-1-3-8(13)9(7)16-11-6(10(14)18)4-5-15-17-11/h1-5H,(H2,14,18)(H,16,17). The Morgan fingerprint density at radius 2 is 1.89 bits per heavy atom. The molecule has 0 radical (unpaired) electrons. The quantitative estimate of drug-likeness (QED) is 0.790. The molecule has 0 atom stereocenters. The van der Waals surface area contributed by atoms with Gasteiger partial charge in [0, 0.05) is 8.95 Å². The van der Waals surface area contributed by atoms with Gasteiger partial charge in [-0.2, -0.15) is 5.10 Å². The monoisotopic (exact) mass is 386 g/mol. The van der Waals surface area contributed by atoms with Gasteiger partial charge in [-0.25, -0.2) is 0 Å². The maximum absolute atomic E-state index is 5.64. The summed E-state index contributed by atoms with van der Waals surface area (Å²) in [6.07, 6.45) is 1.55. The van der Waals surface area contributed by atoms with Crippen LogP contribution in [0.3, 0.4) is 0 Å². The third kappa shape index (κ3) is 2.85. The Kier molecular flexibility index (Phi) is 4.26. The Balaban J connectivity index is 2.43. The summed E-state index contributed by atoms with van der Waals surface area (Å²) in [4.78, 5) is 0.274. The molecule has 92 valence electrons. The zero-order valence-electron chi connectivity index (χ0n) is 9.02. The van der Waals surface area contributed by atoms with Crippen molar-refractivity contribution in [3.63, 3.8) is 0 Å². The third-order valence-corrected chi connectivity index (χ3v) is 3.73. The summed E-state index contributed by atoms with van der Waals surface area (Å²) in [6.45, 7) is 0. The lowest BCUT2D eigenvalue weighted by molar-refractivity contribution is 1.03. The molecule has 18 heavy (non-hydrogen) atoms. The molecule has 0 aliphatic rings. The van der Waals surface area contributed by atoms with Crippen molar-refractivity contribution in [2.45, 2.75) is 0 Å². The first kappa shape index (κ1) is 13.4. The van der Waals surface area contributed by atoms with E-state index >= 15 is 0 Å². The van der Waals surface area contributed by atoms with E-state index in [0.717, 1.165) is 14.6 Å². The van der Waals surface area contributed by atoms with Crippen LogP contribution in [0.2, 0.25) is 0 Å².